The van der Waals surface area contributed by atoms with Crippen LogP contribution in [0.4, 0.5) is 0 Å². The number of amides is 12. The van der Waals surface area contributed by atoms with E-state index in [0.717, 1.165) is 21.6 Å². The van der Waals surface area contributed by atoms with Crippen molar-refractivity contribution >= 4 is 93.6 Å². The van der Waals surface area contributed by atoms with Gasteiger partial charge in [0.1, 0.15) is 42.0 Å². The van der Waals surface area contributed by atoms with Crippen LogP contribution in [0, 0.1) is 11.8 Å². The number of likely N-dealkylation sites (tertiary alicyclic amines) is 1. The minimum atomic E-state index is -1.80. The summed E-state index contributed by atoms with van der Waals surface area (Å²) in [7, 11) is 0. The first-order chi connectivity index (χ1) is 40.5. The molecular weight excluding hydrogens is 1130 g/mol. The van der Waals surface area contributed by atoms with Gasteiger partial charge < -0.3 is 78.6 Å². The van der Waals surface area contributed by atoms with Gasteiger partial charge in [0.05, 0.1) is 48.9 Å². The number of aromatic nitrogens is 1. The number of unbranched alkanes of at least 4 members (excludes halogenated alkanes) is 2. The maximum Gasteiger partial charge on any atom is 0.253 e. The predicted octanol–water partition coefficient (Wildman–Crippen LogP) is -4.37. The summed E-state index contributed by atoms with van der Waals surface area (Å²) in [5, 5.41) is 65.1. The van der Waals surface area contributed by atoms with Gasteiger partial charge in [0.2, 0.25) is 59.1 Å². The second-order valence-corrected chi connectivity index (χ2v) is 23.3. The standard InChI is InChI=1S/C55H77N13O16S/c1-4-27(2)46-52(82)58-21-42(75)60-36-26-85-54-32(31-9-10-38(71)33(48(31)65-54)24-66-16-13-29(14-17-66)59-41(74)8-6-5-7-15-67-44(77)11-12-45(67)78)19-34(49(79)57-22-43(76)63-46)61-53(83)47(28(3)39(72)25-69)64-51(81)37-18-30(70)23-68(37)55(84)35(20-40(56)73)62-50(36)80/h9-12,27-30,34-37,39,46-47,65,69-72H,4-8,13-26H2,1-3H3,(H2,56,73)(H,57,79)(H,58,82)(H,59,74)(H,60,75)(H,61,83)(H,62,80)(H,63,76)(H,64,81)/t27-,28-,30+,34+,35-,36-,37-,39-,46-,47-/m0/s1. The fourth-order valence-corrected chi connectivity index (χ4v) is 12.1. The molecule has 464 valence electrons. The summed E-state index contributed by atoms with van der Waals surface area (Å²) in [6.07, 6.45) is 1.31. The third-order valence-corrected chi connectivity index (χ3v) is 17.3. The fourth-order valence-electron chi connectivity index (χ4n) is 11.0. The third-order valence-electron chi connectivity index (χ3n) is 16.2. The van der Waals surface area contributed by atoms with Crippen LogP contribution >= 0.6 is 11.8 Å². The van der Waals surface area contributed by atoms with E-state index < -0.39 is 159 Å². The molecule has 0 unspecified atom stereocenters. The van der Waals surface area contributed by atoms with Crippen LogP contribution in [-0.4, -0.2) is 217 Å². The van der Waals surface area contributed by atoms with E-state index in [4.69, 9.17) is 5.73 Å². The number of nitrogens with two attached hydrogens (primary N) is 1. The number of phenols is 1. The van der Waals surface area contributed by atoms with Gasteiger partial charge in [-0.15, -0.1) is 11.8 Å². The molecule has 0 spiro atoms. The van der Waals surface area contributed by atoms with Gasteiger partial charge >= 0.3 is 0 Å². The Morgan fingerprint density at radius 2 is 1.49 bits per heavy atom. The number of benzene rings is 1. The van der Waals surface area contributed by atoms with Crippen LogP contribution in [0.5, 0.6) is 5.75 Å². The molecule has 30 heteroatoms. The molecule has 6 heterocycles. The molecule has 1 aromatic heterocycles. The van der Waals surface area contributed by atoms with Crippen LogP contribution in [0.15, 0.2) is 29.3 Å². The lowest BCUT2D eigenvalue weighted by molar-refractivity contribution is -0.144. The van der Waals surface area contributed by atoms with Crippen molar-refractivity contribution in [1.29, 1.82) is 0 Å². The van der Waals surface area contributed by atoms with Crippen molar-refractivity contribution in [2.45, 2.75) is 151 Å². The van der Waals surface area contributed by atoms with Crippen molar-refractivity contribution in [3.05, 3.63) is 35.4 Å². The first-order valence-corrected chi connectivity index (χ1v) is 29.6. The molecule has 2 fully saturated rings. The molecule has 85 heavy (non-hydrogen) atoms. The lowest BCUT2D eigenvalue weighted by Crippen LogP contribution is -2.62. The minimum absolute atomic E-state index is 0.137. The molecule has 0 saturated carbocycles. The molecule has 29 nitrogen and oxygen atoms in total. The van der Waals surface area contributed by atoms with Crippen LogP contribution in [0.1, 0.15) is 89.7 Å². The maximum atomic E-state index is 14.8. The zero-order chi connectivity index (χ0) is 61.8. The molecule has 2 aromatic rings. The summed E-state index contributed by atoms with van der Waals surface area (Å²) in [5.41, 5.74) is 6.65. The normalized spacial score (nSPS) is 25.8. The minimum Gasteiger partial charge on any atom is -0.508 e. The van der Waals surface area contributed by atoms with E-state index in [2.05, 4.69) is 52.4 Å². The van der Waals surface area contributed by atoms with Crippen molar-refractivity contribution in [1.82, 2.24) is 62.2 Å². The van der Waals surface area contributed by atoms with Crippen LogP contribution in [-0.2, 0) is 70.5 Å². The lowest BCUT2D eigenvalue weighted by atomic mass is 9.93. The number of H-pyrrole nitrogens is 1. The van der Waals surface area contributed by atoms with Gasteiger partial charge in [0.15, 0.2) is 0 Å². The van der Waals surface area contributed by atoms with Gasteiger partial charge in [-0.2, -0.15) is 0 Å². The van der Waals surface area contributed by atoms with E-state index in [1.165, 1.54) is 25.1 Å². The van der Waals surface area contributed by atoms with E-state index in [1.54, 1.807) is 19.9 Å². The summed E-state index contributed by atoms with van der Waals surface area (Å²) in [6, 6.07) is -6.79. The molecule has 1 aromatic carbocycles. The highest BCUT2D eigenvalue weighted by atomic mass is 32.2. The van der Waals surface area contributed by atoms with Crippen molar-refractivity contribution < 1.29 is 78.0 Å². The average molecular weight is 1210 g/mol. The summed E-state index contributed by atoms with van der Waals surface area (Å²) in [6.45, 7) is 3.31. The van der Waals surface area contributed by atoms with E-state index in [0.29, 0.717) is 73.6 Å². The summed E-state index contributed by atoms with van der Waals surface area (Å²) < 4.78 is 0. The molecule has 12 amide bonds. The number of carbonyl (C=O) groups excluding carboxylic acids is 12. The quantitative estimate of drug-likeness (QED) is 0.0558. The largest absolute Gasteiger partial charge is 0.508 e. The Labute approximate surface area is 493 Å². The smallest absolute Gasteiger partial charge is 0.253 e. The highest BCUT2D eigenvalue weighted by molar-refractivity contribution is 7.99. The summed E-state index contributed by atoms with van der Waals surface area (Å²) in [4.78, 5) is 171. The molecule has 2 bridgehead atoms. The lowest BCUT2D eigenvalue weighted by Gasteiger charge is -2.33. The monoisotopic (exact) mass is 1210 g/mol. The number of primary amides is 1. The van der Waals surface area contributed by atoms with E-state index >= 15 is 0 Å². The van der Waals surface area contributed by atoms with Gasteiger partial charge in [-0.05, 0) is 49.3 Å². The molecule has 0 aliphatic carbocycles. The Hall–Kier alpha value is -7.67. The average Bonchev–Trinajstić information content (AvgIpc) is 3.15. The second kappa shape index (κ2) is 29.4. The zero-order valence-corrected chi connectivity index (χ0v) is 48.4. The molecule has 5 aliphatic rings. The molecule has 15 N–H and O–H groups in total. The van der Waals surface area contributed by atoms with Gasteiger partial charge in [-0.25, -0.2) is 0 Å². The van der Waals surface area contributed by atoms with E-state index in [9.17, 15) is 78.0 Å². The van der Waals surface area contributed by atoms with Crippen LogP contribution < -0.4 is 48.3 Å². The number of fused-ring (bicyclic) bond motifs is 5. The Balaban J connectivity index is 1.25. The number of phenolic OH excluding ortho intramolecular Hbond substituents is 1. The summed E-state index contributed by atoms with van der Waals surface area (Å²) >= 11 is 0.938. The van der Waals surface area contributed by atoms with Crippen LogP contribution in [0.3, 0.4) is 0 Å². The van der Waals surface area contributed by atoms with Crippen molar-refractivity contribution in [3.63, 3.8) is 0 Å². The Morgan fingerprint density at radius 1 is 0.812 bits per heavy atom. The molecule has 5 aliphatic heterocycles. The number of imide groups is 1. The van der Waals surface area contributed by atoms with Crippen molar-refractivity contribution in [2.24, 2.45) is 17.6 Å². The number of hydrogen-bond donors (Lipinski definition) is 14. The zero-order valence-electron chi connectivity index (χ0n) is 47.6. The molecule has 2 saturated heterocycles. The number of thioether (sulfide) groups is 1. The molecule has 10 atom stereocenters. The van der Waals surface area contributed by atoms with E-state index in [-0.39, 0.29) is 59.8 Å². The van der Waals surface area contributed by atoms with Gasteiger partial charge in [0.25, 0.3) is 11.8 Å². The first-order valence-electron chi connectivity index (χ1n) is 28.6. The van der Waals surface area contributed by atoms with Crippen LogP contribution in [0.2, 0.25) is 0 Å². The first kappa shape index (κ1) is 64.9. The Morgan fingerprint density at radius 3 is 2.16 bits per heavy atom. The van der Waals surface area contributed by atoms with Gasteiger partial charge in [-0.3, -0.25) is 67.3 Å². The number of aliphatic hydroxyl groups excluding tert-OH is 3. The van der Waals surface area contributed by atoms with Crippen molar-refractivity contribution in [3.8, 4) is 5.75 Å². The highest BCUT2D eigenvalue weighted by Gasteiger charge is 2.45. The number of piperidine rings is 1. The topological polar surface area (TPSA) is 434 Å². The maximum absolute atomic E-state index is 14.8. The van der Waals surface area contributed by atoms with Gasteiger partial charge in [0, 0.05) is 92.8 Å². The number of nitrogens with zero attached hydrogens (tertiary/aromatic N) is 3. The molecule has 7 rings (SSSR count). The third kappa shape index (κ3) is 16.6. The SMILES string of the molecule is CC[C@H](C)[C@@H]1NC(=O)CNC(=O)[C@H]2Cc3c([nH]c4c(CN5CCC(NC(=O)CCCCCN6C(=O)C=CC6=O)CC5)c(O)ccc34)SC[C@H](NC(=O)CNC1=O)C(=O)N[C@@H](CC(N)=O)C(=O)N1C[C@H](O)C[C@H]1C(=O)N[C@@H]([C@@H](C)[C@@H](O)CO)C(=O)N2. The second-order valence-electron chi connectivity index (χ2n) is 22.3. The van der Waals surface area contributed by atoms with Gasteiger partial charge in [-0.1, -0.05) is 33.6 Å². The Bertz CT molecular complexity index is 2910. The molecule has 0 radical (unpaired) electrons. The summed E-state index contributed by atoms with van der Waals surface area (Å²) in [5.74, 6) is -11.9. The number of aliphatic hydroxyl groups is 3. The Kier molecular flexibility index (Phi) is 22.5. The number of rotatable bonds is 16. The predicted molar refractivity (Wildman–Crippen MR) is 302 cm³/mol. The molecular formula is C55H77N13O16S. The fraction of sp³-hybridized carbons (Fsp3) is 0.600. The number of aromatic hydroxyl groups is 1. The van der Waals surface area contributed by atoms with Crippen LogP contribution in [0.25, 0.3) is 10.9 Å². The number of aromatic amines is 1. The van der Waals surface area contributed by atoms with Crippen molar-refractivity contribution in [2.75, 3.05) is 51.6 Å². The number of carbonyl (C=O) groups is 12. The highest BCUT2D eigenvalue weighted by Crippen LogP contribution is 2.37. The number of nitrogens with one attached hydrogen (secondary N) is 9. The van der Waals surface area contributed by atoms with E-state index in [1.807, 2.05) is 0 Å². The number of hydrogen-bond acceptors (Lipinski definition) is 18.